The van der Waals surface area contributed by atoms with Gasteiger partial charge in [0.15, 0.2) is 0 Å². The van der Waals surface area contributed by atoms with E-state index in [1.54, 1.807) is 19.2 Å². The number of benzene rings is 1. The first-order chi connectivity index (χ1) is 8.70. The second-order valence-corrected chi connectivity index (χ2v) is 4.28. The summed E-state index contributed by atoms with van der Waals surface area (Å²) in [6.45, 7) is 4.50. The van der Waals surface area contributed by atoms with Crippen LogP contribution >= 0.6 is 24.8 Å². The number of methoxy groups -OCH3 is 1. The highest BCUT2D eigenvalue weighted by molar-refractivity contribution is 5.85. The molecule has 0 aromatic heterocycles. The molecule has 1 heterocycles. The molecule has 0 spiro atoms. The fourth-order valence-corrected chi connectivity index (χ4v) is 2.11. The molecule has 0 amide bonds. The molecule has 0 unspecified atom stereocenters. The molecule has 2 rings (SSSR count). The SMILES string of the molecule is COc1ccc([N+](=O)[O-])cc1CN1CCNCC1.Cl.Cl. The smallest absolute Gasteiger partial charge is 0.270 e. The molecule has 0 bridgehead atoms. The number of nitrogens with one attached hydrogen (secondary N) is 1. The summed E-state index contributed by atoms with van der Waals surface area (Å²) in [7, 11) is 1.59. The van der Waals surface area contributed by atoms with E-state index in [9.17, 15) is 10.1 Å². The number of halogens is 2. The van der Waals surface area contributed by atoms with Crippen LogP contribution in [0.15, 0.2) is 18.2 Å². The summed E-state index contributed by atoms with van der Waals surface area (Å²) >= 11 is 0. The lowest BCUT2D eigenvalue weighted by Gasteiger charge is -2.27. The maximum absolute atomic E-state index is 10.8. The Morgan fingerprint density at radius 3 is 2.55 bits per heavy atom. The predicted octanol–water partition coefficient (Wildman–Crippen LogP) is 1.85. The van der Waals surface area contributed by atoms with Gasteiger partial charge in [0, 0.05) is 50.4 Å². The van der Waals surface area contributed by atoms with E-state index < -0.39 is 0 Å². The first-order valence-corrected chi connectivity index (χ1v) is 5.95. The van der Waals surface area contributed by atoms with Crippen LogP contribution in [-0.2, 0) is 6.54 Å². The van der Waals surface area contributed by atoms with Gasteiger partial charge in [0.05, 0.1) is 12.0 Å². The van der Waals surface area contributed by atoms with Crippen LogP contribution in [-0.4, -0.2) is 43.1 Å². The highest BCUT2D eigenvalue weighted by Crippen LogP contribution is 2.25. The van der Waals surface area contributed by atoms with Crippen LogP contribution < -0.4 is 10.1 Å². The fourth-order valence-electron chi connectivity index (χ4n) is 2.11. The standard InChI is InChI=1S/C12H17N3O3.2ClH/c1-18-12-3-2-11(15(16)17)8-10(12)9-14-6-4-13-5-7-14;;/h2-3,8,13H,4-7,9H2,1H3;2*1H. The third-order valence-corrected chi connectivity index (χ3v) is 3.08. The number of hydrogen-bond acceptors (Lipinski definition) is 5. The quantitative estimate of drug-likeness (QED) is 0.676. The summed E-state index contributed by atoms with van der Waals surface area (Å²) in [5.41, 5.74) is 0.981. The van der Waals surface area contributed by atoms with E-state index in [4.69, 9.17) is 4.74 Å². The van der Waals surface area contributed by atoms with Gasteiger partial charge in [0.1, 0.15) is 5.75 Å². The van der Waals surface area contributed by atoms with Crippen LogP contribution in [0.25, 0.3) is 0 Å². The summed E-state index contributed by atoms with van der Waals surface area (Å²) < 4.78 is 5.26. The van der Waals surface area contributed by atoms with Gasteiger partial charge in [-0.25, -0.2) is 0 Å². The van der Waals surface area contributed by atoms with Gasteiger partial charge in [-0.1, -0.05) is 0 Å². The van der Waals surface area contributed by atoms with Crippen molar-refractivity contribution in [2.75, 3.05) is 33.3 Å². The second-order valence-electron chi connectivity index (χ2n) is 4.28. The van der Waals surface area contributed by atoms with Gasteiger partial charge in [-0.3, -0.25) is 15.0 Å². The molecule has 1 aromatic carbocycles. The van der Waals surface area contributed by atoms with Gasteiger partial charge in [-0.05, 0) is 6.07 Å². The number of ether oxygens (including phenoxy) is 1. The number of non-ortho nitro benzene ring substituents is 1. The summed E-state index contributed by atoms with van der Waals surface area (Å²) in [4.78, 5) is 12.7. The Hall–Kier alpha value is -1.08. The Balaban J connectivity index is 0.00000180. The molecule has 6 nitrogen and oxygen atoms in total. The molecule has 1 saturated heterocycles. The van der Waals surface area contributed by atoms with E-state index in [1.165, 1.54) is 6.07 Å². The maximum atomic E-state index is 10.8. The van der Waals surface area contributed by atoms with E-state index in [0.717, 1.165) is 31.7 Å². The average Bonchev–Trinajstić information content (AvgIpc) is 2.39. The van der Waals surface area contributed by atoms with Crippen molar-refractivity contribution in [3.05, 3.63) is 33.9 Å². The van der Waals surface area contributed by atoms with Crippen molar-refractivity contribution in [3.8, 4) is 5.75 Å². The zero-order chi connectivity index (χ0) is 13.0. The van der Waals surface area contributed by atoms with E-state index in [2.05, 4.69) is 10.2 Å². The molecule has 0 atom stereocenters. The van der Waals surface area contributed by atoms with Crippen LogP contribution in [0.5, 0.6) is 5.75 Å². The van der Waals surface area contributed by atoms with Crippen LogP contribution in [0.1, 0.15) is 5.56 Å². The summed E-state index contributed by atoms with van der Waals surface area (Å²) in [5.74, 6) is 0.708. The molecule has 0 radical (unpaired) electrons. The molecular weight excluding hydrogens is 305 g/mol. The normalized spacial score (nSPS) is 14.8. The maximum Gasteiger partial charge on any atom is 0.270 e. The van der Waals surface area contributed by atoms with Gasteiger partial charge in [-0.2, -0.15) is 0 Å². The molecule has 20 heavy (non-hydrogen) atoms. The Bertz CT molecular complexity index is 440. The van der Waals surface area contributed by atoms with Gasteiger partial charge in [-0.15, -0.1) is 24.8 Å². The molecule has 1 aliphatic heterocycles. The summed E-state index contributed by atoms with van der Waals surface area (Å²) in [6, 6.07) is 4.73. The third kappa shape index (κ3) is 4.79. The number of rotatable bonds is 4. The second kappa shape index (κ2) is 8.97. The lowest BCUT2D eigenvalue weighted by molar-refractivity contribution is -0.385. The highest BCUT2D eigenvalue weighted by Gasteiger charge is 2.15. The van der Waals surface area contributed by atoms with Crippen LogP contribution in [0.2, 0.25) is 0 Å². The lowest BCUT2D eigenvalue weighted by atomic mass is 10.1. The fraction of sp³-hybridized carbons (Fsp3) is 0.500. The Morgan fingerprint density at radius 1 is 1.35 bits per heavy atom. The molecule has 1 fully saturated rings. The minimum atomic E-state index is -0.374. The molecule has 1 aromatic rings. The van der Waals surface area contributed by atoms with Crippen molar-refractivity contribution >= 4 is 30.5 Å². The van der Waals surface area contributed by atoms with Crippen molar-refractivity contribution in [1.82, 2.24) is 10.2 Å². The zero-order valence-corrected chi connectivity index (χ0v) is 12.8. The van der Waals surface area contributed by atoms with Crippen molar-refractivity contribution < 1.29 is 9.66 Å². The monoisotopic (exact) mass is 323 g/mol. The van der Waals surface area contributed by atoms with Crippen molar-refractivity contribution in [3.63, 3.8) is 0 Å². The predicted molar refractivity (Wildman–Crippen MR) is 82.3 cm³/mol. The topological polar surface area (TPSA) is 67.6 Å². The molecule has 1 N–H and O–H groups in total. The lowest BCUT2D eigenvalue weighted by Crippen LogP contribution is -2.42. The summed E-state index contributed by atoms with van der Waals surface area (Å²) in [6.07, 6.45) is 0. The third-order valence-electron chi connectivity index (χ3n) is 3.08. The van der Waals surface area contributed by atoms with Crippen molar-refractivity contribution in [2.24, 2.45) is 0 Å². The Kier molecular flexibility index (Phi) is 8.48. The highest BCUT2D eigenvalue weighted by atomic mass is 35.5. The van der Waals surface area contributed by atoms with E-state index >= 15 is 0 Å². The largest absolute Gasteiger partial charge is 0.496 e. The van der Waals surface area contributed by atoms with Crippen molar-refractivity contribution in [2.45, 2.75) is 6.54 Å². The van der Waals surface area contributed by atoms with E-state index in [-0.39, 0.29) is 35.4 Å². The van der Waals surface area contributed by atoms with Gasteiger partial charge in [0.2, 0.25) is 0 Å². The average molecular weight is 324 g/mol. The Labute approximate surface area is 130 Å². The Morgan fingerprint density at radius 2 is 2.00 bits per heavy atom. The number of nitro benzene ring substituents is 1. The first kappa shape index (κ1) is 18.9. The van der Waals surface area contributed by atoms with Crippen LogP contribution in [0.3, 0.4) is 0 Å². The molecule has 0 saturated carbocycles. The van der Waals surface area contributed by atoms with Gasteiger partial charge in [0.25, 0.3) is 5.69 Å². The molecular formula is C12H19Cl2N3O3. The van der Waals surface area contributed by atoms with Crippen molar-refractivity contribution in [1.29, 1.82) is 0 Å². The number of nitro groups is 1. The minimum Gasteiger partial charge on any atom is -0.496 e. The molecule has 114 valence electrons. The number of hydrogen-bond donors (Lipinski definition) is 1. The molecule has 8 heteroatoms. The summed E-state index contributed by atoms with van der Waals surface area (Å²) in [5, 5.41) is 14.1. The van der Waals surface area contributed by atoms with E-state index in [0.29, 0.717) is 12.3 Å². The zero-order valence-electron chi connectivity index (χ0n) is 11.2. The van der Waals surface area contributed by atoms with Crippen LogP contribution in [0.4, 0.5) is 5.69 Å². The minimum absolute atomic E-state index is 0. The molecule has 0 aliphatic carbocycles. The number of nitrogens with zero attached hydrogens (tertiary/aromatic N) is 2. The number of piperazine rings is 1. The molecule has 1 aliphatic rings. The van der Waals surface area contributed by atoms with Crippen LogP contribution in [0, 0.1) is 10.1 Å². The van der Waals surface area contributed by atoms with Gasteiger partial charge < -0.3 is 10.1 Å². The first-order valence-electron chi connectivity index (χ1n) is 5.95. The van der Waals surface area contributed by atoms with E-state index in [1.807, 2.05) is 0 Å². The van der Waals surface area contributed by atoms with Gasteiger partial charge >= 0.3 is 0 Å².